The van der Waals surface area contributed by atoms with E-state index in [2.05, 4.69) is 10.3 Å². The summed E-state index contributed by atoms with van der Waals surface area (Å²) in [5, 5.41) is 3.06. The predicted octanol–water partition coefficient (Wildman–Crippen LogP) is 3.49. The number of aromatic nitrogens is 1. The Kier molecular flexibility index (Phi) is 3.79. The number of pyridine rings is 1. The third kappa shape index (κ3) is 3.46. The molecule has 1 aromatic heterocycles. The summed E-state index contributed by atoms with van der Waals surface area (Å²) in [4.78, 5) is 14.7. The zero-order valence-corrected chi connectivity index (χ0v) is 10.4. The van der Waals surface area contributed by atoms with Crippen LogP contribution in [0.1, 0.15) is 6.92 Å². The molecule has 1 aromatic carbocycles. The fourth-order valence-corrected chi connectivity index (χ4v) is 1.56. The van der Waals surface area contributed by atoms with E-state index in [1.54, 1.807) is 42.6 Å². The molecule has 0 atom stereocenters. The molecule has 0 bridgehead atoms. The van der Waals surface area contributed by atoms with Gasteiger partial charge in [0.05, 0.1) is 0 Å². The van der Waals surface area contributed by atoms with Crippen molar-refractivity contribution in [1.29, 1.82) is 0 Å². The van der Waals surface area contributed by atoms with Crippen molar-refractivity contribution in [3.63, 3.8) is 0 Å². The molecule has 0 unspecified atom stereocenters. The second-order valence-corrected chi connectivity index (χ2v) is 4.01. The minimum Gasteiger partial charge on any atom is -0.457 e. The molecular formula is C13H11ClN2O2. The third-order valence-electron chi connectivity index (χ3n) is 2.11. The summed E-state index contributed by atoms with van der Waals surface area (Å²) in [5.41, 5.74) is 0.725. The first-order valence-electron chi connectivity index (χ1n) is 5.30. The highest BCUT2D eigenvalue weighted by atomic mass is 35.5. The number of ether oxygens (including phenoxy) is 1. The van der Waals surface area contributed by atoms with Crippen molar-refractivity contribution in [3.8, 4) is 11.5 Å². The maximum absolute atomic E-state index is 10.9. The van der Waals surface area contributed by atoms with Crippen LogP contribution in [0.25, 0.3) is 0 Å². The van der Waals surface area contributed by atoms with Gasteiger partial charge in [0.15, 0.2) is 0 Å². The molecule has 2 aromatic rings. The number of hydrogen-bond donors (Lipinski definition) is 1. The van der Waals surface area contributed by atoms with Crippen molar-refractivity contribution in [1.82, 2.24) is 4.98 Å². The second kappa shape index (κ2) is 5.51. The Morgan fingerprint density at radius 1 is 1.22 bits per heavy atom. The number of halogens is 1. The van der Waals surface area contributed by atoms with Crippen molar-refractivity contribution in [3.05, 3.63) is 47.7 Å². The highest BCUT2D eigenvalue weighted by molar-refractivity contribution is 6.29. The first kappa shape index (κ1) is 12.4. The molecule has 92 valence electrons. The van der Waals surface area contributed by atoms with Crippen LogP contribution in [-0.4, -0.2) is 10.9 Å². The van der Waals surface area contributed by atoms with Crippen LogP contribution in [0.5, 0.6) is 11.5 Å². The molecule has 18 heavy (non-hydrogen) atoms. The molecule has 0 aliphatic rings. The molecule has 0 radical (unpaired) electrons. The highest BCUT2D eigenvalue weighted by Gasteiger charge is 2.00. The number of benzene rings is 1. The summed E-state index contributed by atoms with van der Waals surface area (Å²) in [5.74, 6) is 1.17. The Hall–Kier alpha value is -2.07. The number of hydrogen-bond acceptors (Lipinski definition) is 3. The van der Waals surface area contributed by atoms with Gasteiger partial charge in [-0.2, -0.15) is 0 Å². The quantitative estimate of drug-likeness (QED) is 0.862. The average molecular weight is 263 g/mol. The Labute approximate surface area is 110 Å². The van der Waals surface area contributed by atoms with Gasteiger partial charge in [-0.1, -0.05) is 11.6 Å². The van der Waals surface area contributed by atoms with Crippen LogP contribution in [0.3, 0.4) is 0 Å². The van der Waals surface area contributed by atoms with Gasteiger partial charge >= 0.3 is 0 Å². The van der Waals surface area contributed by atoms with E-state index in [1.807, 2.05) is 0 Å². The summed E-state index contributed by atoms with van der Waals surface area (Å²) in [6.45, 7) is 1.46. The number of rotatable bonds is 3. The minimum atomic E-state index is -0.107. The van der Waals surface area contributed by atoms with E-state index in [1.165, 1.54) is 6.92 Å². The topological polar surface area (TPSA) is 51.2 Å². The van der Waals surface area contributed by atoms with Gasteiger partial charge < -0.3 is 10.1 Å². The average Bonchev–Trinajstić information content (AvgIpc) is 2.31. The Morgan fingerprint density at radius 3 is 2.56 bits per heavy atom. The van der Waals surface area contributed by atoms with Crippen LogP contribution in [-0.2, 0) is 4.79 Å². The number of carbonyl (C=O) groups excluding carboxylic acids is 1. The van der Waals surface area contributed by atoms with Gasteiger partial charge in [-0.3, -0.25) is 4.79 Å². The smallest absolute Gasteiger partial charge is 0.221 e. The van der Waals surface area contributed by atoms with Crippen LogP contribution < -0.4 is 10.1 Å². The van der Waals surface area contributed by atoms with Crippen LogP contribution in [0, 0.1) is 0 Å². The van der Waals surface area contributed by atoms with E-state index in [4.69, 9.17) is 16.3 Å². The van der Waals surface area contributed by atoms with E-state index in [0.29, 0.717) is 16.7 Å². The molecule has 5 heteroatoms. The standard InChI is InChI=1S/C13H11ClN2O2/c1-9(17)16-10-2-4-11(5-3-10)18-12-6-7-15-13(14)8-12/h2-8H,1H3,(H,16,17). The fourth-order valence-electron chi connectivity index (χ4n) is 1.39. The first-order chi connectivity index (χ1) is 8.63. The van der Waals surface area contributed by atoms with E-state index in [-0.39, 0.29) is 5.91 Å². The molecule has 0 fully saturated rings. The SMILES string of the molecule is CC(=O)Nc1ccc(Oc2ccnc(Cl)c2)cc1. The Bertz CT molecular complexity index is 555. The van der Waals surface area contributed by atoms with Crippen molar-refractivity contribution in [2.45, 2.75) is 6.92 Å². The van der Waals surface area contributed by atoms with Crippen molar-refractivity contribution in [2.75, 3.05) is 5.32 Å². The number of carbonyl (C=O) groups is 1. The van der Waals surface area contributed by atoms with Crippen molar-refractivity contribution in [2.24, 2.45) is 0 Å². The molecule has 1 N–H and O–H groups in total. The van der Waals surface area contributed by atoms with Gasteiger partial charge in [0.25, 0.3) is 0 Å². The van der Waals surface area contributed by atoms with Gasteiger partial charge in [-0.05, 0) is 30.3 Å². The summed E-state index contributed by atoms with van der Waals surface area (Å²) < 4.78 is 5.58. The fraction of sp³-hybridized carbons (Fsp3) is 0.0769. The van der Waals surface area contributed by atoms with Crippen LogP contribution >= 0.6 is 11.6 Å². The van der Waals surface area contributed by atoms with E-state index in [9.17, 15) is 4.79 Å². The Balaban J connectivity index is 2.08. The molecule has 0 spiro atoms. The maximum atomic E-state index is 10.9. The largest absolute Gasteiger partial charge is 0.457 e. The van der Waals surface area contributed by atoms with E-state index in [0.717, 1.165) is 5.69 Å². The molecule has 0 aliphatic heterocycles. The third-order valence-corrected chi connectivity index (χ3v) is 2.32. The Morgan fingerprint density at radius 2 is 1.94 bits per heavy atom. The van der Waals surface area contributed by atoms with Gasteiger partial charge in [-0.15, -0.1) is 0 Å². The summed E-state index contributed by atoms with van der Waals surface area (Å²) in [6, 6.07) is 10.4. The number of amides is 1. The summed E-state index contributed by atoms with van der Waals surface area (Å²) >= 11 is 5.75. The monoisotopic (exact) mass is 262 g/mol. The molecule has 0 aliphatic carbocycles. The summed E-state index contributed by atoms with van der Waals surface area (Å²) in [7, 11) is 0. The summed E-state index contributed by atoms with van der Waals surface area (Å²) in [6.07, 6.45) is 1.57. The van der Waals surface area contributed by atoms with Gasteiger partial charge in [0, 0.05) is 24.9 Å². The van der Waals surface area contributed by atoms with Crippen LogP contribution in [0.2, 0.25) is 5.15 Å². The van der Waals surface area contributed by atoms with Crippen molar-refractivity contribution < 1.29 is 9.53 Å². The normalized spacial score (nSPS) is 9.89. The lowest BCUT2D eigenvalue weighted by molar-refractivity contribution is -0.114. The molecule has 1 heterocycles. The van der Waals surface area contributed by atoms with E-state index < -0.39 is 0 Å². The predicted molar refractivity (Wildman–Crippen MR) is 70.1 cm³/mol. The number of nitrogens with zero attached hydrogens (tertiary/aromatic N) is 1. The highest BCUT2D eigenvalue weighted by Crippen LogP contribution is 2.24. The maximum Gasteiger partial charge on any atom is 0.221 e. The molecule has 4 nitrogen and oxygen atoms in total. The van der Waals surface area contributed by atoms with E-state index >= 15 is 0 Å². The van der Waals surface area contributed by atoms with Crippen molar-refractivity contribution >= 4 is 23.2 Å². The van der Waals surface area contributed by atoms with Gasteiger partial charge in [0.1, 0.15) is 16.7 Å². The second-order valence-electron chi connectivity index (χ2n) is 3.62. The van der Waals surface area contributed by atoms with Gasteiger partial charge in [-0.25, -0.2) is 4.98 Å². The molecule has 0 saturated heterocycles. The minimum absolute atomic E-state index is 0.107. The first-order valence-corrected chi connectivity index (χ1v) is 5.68. The number of anilines is 1. The lowest BCUT2D eigenvalue weighted by Gasteiger charge is -2.07. The zero-order valence-electron chi connectivity index (χ0n) is 9.68. The lowest BCUT2D eigenvalue weighted by Crippen LogP contribution is -2.05. The number of nitrogens with one attached hydrogen (secondary N) is 1. The van der Waals surface area contributed by atoms with Crippen LogP contribution in [0.4, 0.5) is 5.69 Å². The van der Waals surface area contributed by atoms with Gasteiger partial charge in [0.2, 0.25) is 5.91 Å². The molecule has 2 rings (SSSR count). The lowest BCUT2D eigenvalue weighted by atomic mass is 10.3. The zero-order chi connectivity index (χ0) is 13.0. The molecular weight excluding hydrogens is 252 g/mol. The molecule has 1 amide bonds. The van der Waals surface area contributed by atoms with Crippen LogP contribution in [0.15, 0.2) is 42.6 Å². The molecule has 0 saturated carbocycles.